The smallest absolute Gasteiger partial charge is 0.250 e. The summed E-state index contributed by atoms with van der Waals surface area (Å²) >= 11 is 0. The van der Waals surface area contributed by atoms with Gasteiger partial charge in [-0.15, -0.1) is 0 Å². The highest BCUT2D eigenvalue weighted by Gasteiger charge is 2.25. The predicted octanol–water partition coefficient (Wildman–Crippen LogP) is 5.02. The predicted molar refractivity (Wildman–Crippen MR) is 148 cm³/mol. The Kier molecular flexibility index (Phi) is 7.37. The normalized spacial score (nSPS) is 12.6. The van der Waals surface area contributed by atoms with Gasteiger partial charge in [-0.2, -0.15) is 0 Å². The Hall–Kier alpha value is -4.63. The van der Waals surface area contributed by atoms with Crippen LogP contribution < -0.4 is 24.4 Å². The zero-order chi connectivity index (χ0) is 26.5. The standard InChI is InChI=1S/C29H29N5O4/c1-4-26(35)34-16-18-37-28-23(34)14-13-22-27(28)29(31-19-30-22)32-20-9-11-21(12-10-20)38-25-8-6-5-7-24(25)36-17-15-33(2)3/h4-14,19H,1,15-18H2,2-3H3,(H,30,31,32). The van der Waals surface area contributed by atoms with Gasteiger partial charge in [0.15, 0.2) is 17.2 Å². The molecule has 1 N–H and O–H groups in total. The summed E-state index contributed by atoms with van der Waals surface area (Å²) in [5.41, 5.74) is 2.18. The van der Waals surface area contributed by atoms with Crippen molar-refractivity contribution in [3.8, 4) is 23.0 Å². The molecule has 1 aromatic heterocycles. The van der Waals surface area contributed by atoms with Gasteiger partial charge < -0.3 is 29.3 Å². The second kappa shape index (κ2) is 11.2. The van der Waals surface area contributed by atoms with Crippen molar-refractivity contribution in [2.75, 3.05) is 50.6 Å². The lowest BCUT2D eigenvalue weighted by Crippen LogP contribution is -2.36. The summed E-state index contributed by atoms with van der Waals surface area (Å²) < 4.78 is 18.0. The number of hydrogen-bond donors (Lipinski definition) is 1. The number of carbonyl (C=O) groups is 1. The molecule has 3 aromatic carbocycles. The summed E-state index contributed by atoms with van der Waals surface area (Å²) in [5, 5.41) is 4.06. The van der Waals surface area contributed by atoms with Crippen LogP contribution >= 0.6 is 0 Å². The third-order valence-electron chi connectivity index (χ3n) is 6.02. The Balaban J connectivity index is 1.37. The van der Waals surface area contributed by atoms with Crippen molar-refractivity contribution in [2.24, 2.45) is 0 Å². The minimum absolute atomic E-state index is 0.180. The first-order valence-electron chi connectivity index (χ1n) is 12.3. The van der Waals surface area contributed by atoms with Gasteiger partial charge in [0.1, 0.15) is 31.1 Å². The van der Waals surface area contributed by atoms with Crippen molar-refractivity contribution in [3.05, 3.63) is 79.6 Å². The zero-order valence-corrected chi connectivity index (χ0v) is 21.4. The van der Waals surface area contributed by atoms with Crippen LogP contribution in [0.5, 0.6) is 23.0 Å². The maximum atomic E-state index is 12.4. The van der Waals surface area contributed by atoms with Gasteiger partial charge in [0, 0.05) is 12.2 Å². The Morgan fingerprint density at radius 3 is 2.66 bits per heavy atom. The van der Waals surface area contributed by atoms with E-state index in [9.17, 15) is 4.79 Å². The first kappa shape index (κ1) is 25.0. The molecule has 0 atom stereocenters. The Morgan fingerprint density at radius 2 is 1.89 bits per heavy atom. The number of nitrogens with zero attached hydrogens (tertiary/aromatic N) is 4. The number of hydrogen-bond acceptors (Lipinski definition) is 8. The SMILES string of the molecule is C=CC(=O)N1CCOc2c1ccc1ncnc(Nc3ccc(Oc4ccccc4OCCN(C)C)cc3)c21. The zero-order valence-electron chi connectivity index (χ0n) is 21.4. The molecule has 2 heterocycles. The highest BCUT2D eigenvalue weighted by atomic mass is 16.5. The number of ether oxygens (including phenoxy) is 3. The van der Waals surface area contributed by atoms with Gasteiger partial charge in [0.25, 0.3) is 5.91 Å². The molecule has 0 saturated heterocycles. The number of aromatic nitrogens is 2. The number of benzene rings is 3. The van der Waals surface area contributed by atoms with Gasteiger partial charge in [-0.05, 0) is 68.7 Å². The lowest BCUT2D eigenvalue weighted by molar-refractivity contribution is -0.114. The van der Waals surface area contributed by atoms with Crippen LogP contribution in [-0.4, -0.2) is 61.2 Å². The average molecular weight is 512 g/mol. The molecule has 0 aliphatic carbocycles. The second-order valence-corrected chi connectivity index (χ2v) is 8.92. The maximum Gasteiger partial charge on any atom is 0.250 e. The summed E-state index contributed by atoms with van der Waals surface area (Å²) in [6.45, 7) is 5.81. The van der Waals surface area contributed by atoms with Crippen molar-refractivity contribution in [1.82, 2.24) is 14.9 Å². The molecular formula is C29H29N5O4. The topological polar surface area (TPSA) is 89.1 Å². The maximum absolute atomic E-state index is 12.4. The Morgan fingerprint density at radius 1 is 1.11 bits per heavy atom. The van der Waals surface area contributed by atoms with Crippen LogP contribution in [0.3, 0.4) is 0 Å². The summed E-state index contributed by atoms with van der Waals surface area (Å²) in [4.78, 5) is 25.0. The lowest BCUT2D eigenvalue weighted by Gasteiger charge is -2.29. The number of para-hydroxylation sites is 2. The molecule has 0 saturated carbocycles. The van der Waals surface area contributed by atoms with E-state index in [4.69, 9.17) is 14.2 Å². The summed E-state index contributed by atoms with van der Waals surface area (Å²) in [6.07, 6.45) is 2.80. The van der Waals surface area contributed by atoms with Gasteiger partial charge in [0.05, 0.1) is 23.1 Å². The average Bonchev–Trinajstić information content (AvgIpc) is 2.94. The summed E-state index contributed by atoms with van der Waals surface area (Å²) in [5.74, 6) is 2.98. The molecule has 0 spiro atoms. The van der Waals surface area contributed by atoms with Crippen molar-refractivity contribution >= 4 is 34.0 Å². The molecule has 194 valence electrons. The monoisotopic (exact) mass is 511 g/mol. The fourth-order valence-corrected chi connectivity index (χ4v) is 4.12. The van der Waals surface area contributed by atoms with Gasteiger partial charge in [-0.25, -0.2) is 9.97 Å². The molecule has 1 amide bonds. The van der Waals surface area contributed by atoms with E-state index in [0.717, 1.165) is 12.2 Å². The fraction of sp³-hybridized carbons (Fsp3) is 0.207. The van der Waals surface area contributed by atoms with E-state index in [-0.39, 0.29) is 5.91 Å². The van der Waals surface area contributed by atoms with E-state index in [2.05, 4.69) is 26.8 Å². The van der Waals surface area contributed by atoms with E-state index in [1.54, 1.807) is 4.90 Å². The third-order valence-corrected chi connectivity index (χ3v) is 6.02. The molecule has 0 unspecified atom stereocenters. The Bertz CT molecular complexity index is 1460. The summed E-state index contributed by atoms with van der Waals surface area (Å²) in [7, 11) is 4.01. The highest BCUT2D eigenvalue weighted by molar-refractivity contribution is 6.07. The number of likely N-dealkylation sites (N-methyl/N-ethyl adjacent to an activating group) is 1. The first-order valence-corrected chi connectivity index (χ1v) is 12.3. The van der Waals surface area contributed by atoms with Gasteiger partial charge in [0.2, 0.25) is 0 Å². The molecule has 9 nitrogen and oxygen atoms in total. The van der Waals surface area contributed by atoms with E-state index in [1.807, 2.05) is 74.8 Å². The number of fused-ring (bicyclic) bond motifs is 3. The number of nitrogens with one attached hydrogen (secondary N) is 1. The number of anilines is 3. The van der Waals surface area contributed by atoms with Crippen molar-refractivity contribution in [3.63, 3.8) is 0 Å². The molecular weight excluding hydrogens is 482 g/mol. The van der Waals surface area contributed by atoms with E-state index in [0.29, 0.717) is 65.2 Å². The van der Waals surface area contributed by atoms with Crippen LogP contribution in [0, 0.1) is 0 Å². The van der Waals surface area contributed by atoms with Crippen molar-refractivity contribution < 1.29 is 19.0 Å². The van der Waals surface area contributed by atoms with Crippen LogP contribution in [0.1, 0.15) is 0 Å². The van der Waals surface area contributed by atoms with Crippen LogP contribution in [0.4, 0.5) is 17.2 Å². The van der Waals surface area contributed by atoms with Gasteiger partial charge in [-0.1, -0.05) is 18.7 Å². The lowest BCUT2D eigenvalue weighted by atomic mass is 10.1. The second-order valence-electron chi connectivity index (χ2n) is 8.92. The Labute approximate surface area is 221 Å². The quantitative estimate of drug-likeness (QED) is 0.314. The van der Waals surface area contributed by atoms with Crippen LogP contribution in [0.15, 0.2) is 79.6 Å². The molecule has 1 aliphatic rings. The minimum Gasteiger partial charge on any atom is -0.489 e. The van der Waals surface area contributed by atoms with E-state index >= 15 is 0 Å². The van der Waals surface area contributed by atoms with Crippen LogP contribution in [0.2, 0.25) is 0 Å². The van der Waals surface area contributed by atoms with E-state index < -0.39 is 0 Å². The van der Waals surface area contributed by atoms with Crippen molar-refractivity contribution in [2.45, 2.75) is 0 Å². The molecule has 0 fully saturated rings. The van der Waals surface area contributed by atoms with Crippen LogP contribution in [-0.2, 0) is 4.79 Å². The van der Waals surface area contributed by atoms with Crippen LogP contribution in [0.25, 0.3) is 10.9 Å². The fourth-order valence-electron chi connectivity index (χ4n) is 4.12. The van der Waals surface area contributed by atoms with Gasteiger partial charge in [-0.3, -0.25) is 4.79 Å². The number of carbonyl (C=O) groups excluding carboxylic acids is 1. The number of rotatable bonds is 9. The molecule has 9 heteroatoms. The molecule has 4 aromatic rings. The third kappa shape index (κ3) is 5.37. The van der Waals surface area contributed by atoms with E-state index in [1.165, 1.54) is 12.4 Å². The molecule has 5 rings (SSSR count). The largest absolute Gasteiger partial charge is 0.489 e. The molecule has 0 radical (unpaired) electrons. The molecule has 38 heavy (non-hydrogen) atoms. The highest BCUT2D eigenvalue weighted by Crippen LogP contribution is 2.41. The molecule has 1 aliphatic heterocycles. The minimum atomic E-state index is -0.180. The number of amides is 1. The summed E-state index contributed by atoms with van der Waals surface area (Å²) in [6, 6.07) is 18.9. The first-order chi connectivity index (χ1) is 18.5. The van der Waals surface area contributed by atoms with Gasteiger partial charge >= 0.3 is 0 Å². The van der Waals surface area contributed by atoms with Crippen molar-refractivity contribution in [1.29, 1.82) is 0 Å². The molecule has 0 bridgehead atoms.